The summed E-state index contributed by atoms with van der Waals surface area (Å²) in [4.78, 5) is 0. The van der Waals surface area contributed by atoms with Crippen molar-refractivity contribution >= 4 is 11.6 Å². The van der Waals surface area contributed by atoms with Crippen LogP contribution in [0, 0.1) is 6.92 Å². The van der Waals surface area contributed by atoms with Gasteiger partial charge in [-0.1, -0.05) is 17.7 Å². The number of rotatable bonds is 3. The lowest BCUT2D eigenvalue weighted by Crippen LogP contribution is -1.90. The Hall–Kier alpha value is -0.730. The van der Waals surface area contributed by atoms with Crippen LogP contribution in [0.1, 0.15) is 17.5 Å². The molecule has 0 aliphatic heterocycles. The highest BCUT2D eigenvalue weighted by Gasteiger charge is 2.04. The van der Waals surface area contributed by atoms with Gasteiger partial charge in [-0.05, 0) is 37.0 Å². The summed E-state index contributed by atoms with van der Waals surface area (Å²) in [7, 11) is 0. The van der Waals surface area contributed by atoms with Crippen LogP contribution in [0.25, 0.3) is 0 Å². The van der Waals surface area contributed by atoms with Gasteiger partial charge in [0.25, 0.3) is 0 Å². The summed E-state index contributed by atoms with van der Waals surface area (Å²) in [5.74, 6) is 0.148. The maximum Gasteiger partial charge on any atom is 0.137 e. The molecule has 0 fully saturated rings. The van der Waals surface area contributed by atoms with E-state index in [2.05, 4.69) is 0 Å². The second-order valence-corrected chi connectivity index (χ2v) is 3.48. The molecule has 2 nitrogen and oxygen atoms in total. The molecule has 0 bridgehead atoms. The SMILES string of the molecule is Cc1cc(CCCO)cc(Cl)c1O. The van der Waals surface area contributed by atoms with Crippen LogP contribution in [-0.4, -0.2) is 16.8 Å². The van der Waals surface area contributed by atoms with E-state index in [0.717, 1.165) is 24.0 Å². The minimum absolute atomic E-state index is 0.148. The van der Waals surface area contributed by atoms with Crippen LogP contribution in [0.2, 0.25) is 5.02 Å². The Balaban J connectivity index is 2.86. The van der Waals surface area contributed by atoms with Crippen molar-refractivity contribution in [3.05, 3.63) is 28.3 Å². The van der Waals surface area contributed by atoms with Crippen LogP contribution in [0.3, 0.4) is 0 Å². The Bertz CT molecular complexity index is 274. The quantitative estimate of drug-likeness (QED) is 0.786. The zero-order valence-corrected chi connectivity index (χ0v) is 8.30. The predicted molar refractivity (Wildman–Crippen MR) is 53.3 cm³/mol. The first-order valence-electron chi connectivity index (χ1n) is 4.24. The summed E-state index contributed by atoms with van der Waals surface area (Å²) in [5, 5.41) is 18.4. The van der Waals surface area contributed by atoms with Crippen molar-refractivity contribution < 1.29 is 10.2 Å². The van der Waals surface area contributed by atoms with Gasteiger partial charge in [0.05, 0.1) is 5.02 Å². The number of benzene rings is 1. The van der Waals surface area contributed by atoms with Crippen molar-refractivity contribution in [1.29, 1.82) is 0 Å². The first-order valence-corrected chi connectivity index (χ1v) is 4.62. The third-order valence-electron chi connectivity index (χ3n) is 1.94. The van der Waals surface area contributed by atoms with Gasteiger partial charge in [-0.15, -0.1) is 0 Å². The summed E-state index contributed by atoms with van der Waals surface area (Å²) in [6.07, 6.45) is 1.51. The standard InChI is InChI=1S/C10H13ClO2/c1-7-5-8(3-2-4-12)6-9(11)10(7)13/h5-6,12-13H,2-4H2,1H3. The number of halogens is 1. The molecule has 1 aromatic rings. The number of phenols is 1. The molecule has 0 aromatic heterocycles. The van der Waals surface area contributed by atoms with Gasteiger partial charge >= 0.3 is 0 Å². The molecular weight excluding hydrogens is 188 g/mol. The third kappa shape index (κ3) is 2.61. The molecule has 0 radical (unpaired) electrons. The van der Waals surface area contributed by atoms with Gasteiger partial charge in [0, 0.05) is 6.61 Å². The van der Waals surface area contributed by atoms with E-state index in [9.17, 15) is 5.11 Å². The third-order valence-corrected chi connectivity index (χ3v) is 2.23. The van der Waals surface area contributed by atoms with Gasteiger partial charge in [0.2, 0.25) is 0 Å². The molecule has 1 rings (SSSR count). The summed E-state index contributed by atoms with van der Waals surface area (Å²) < 4.78 is 0. The second-order valence-electron chi connectivity index (χ2n) is 3.07. The van der Waals surface area contributed by atoms with Gasteiger partial charge in [-0.3, -0.25) is 0 Å². The van der Waals surface area contributed by atoms with Crippen LogP contribution >= 0.6 is 11.6 Å². The summed E-state index contributed by atoms with van der Waals surface area (Å²) in [5.41, 5.74) is 1.83. The molecule has 0 unspecified atom stereocenters. The number of aryl methyl sites for hydroxylation is 2. The van der Waals surface area contributed by atoms with Crippen LogP contribution in [-0.2, 0) is 6.42 Å². The number of aromatic hydroxyl groups is 1. The van der Waals surface area contributed by atoms with E-state index in [-0.39, 0.29) is 12.4 Å². The number of aliphatic hydroxyl groups is 1. The zero-order valence-electron chi connectivity index (χ0n) is 7.55. The van der Waals surface area contributed by atoms with Crippen molar-refractivity contribution in [2.75, 3.05) is 6.61 Å². The van der Waals surface area contributed by atoms with Crippen molar-refractivity contribution in [3.8, 4) is 5.75 Å². The van der Waals surface area contributed by atoms with E-state index >= 15 is 0 Å². The average Bonchev–Trinajstić information content (AvgIpc) is 2.10. The fraction of sp³-hybridized carbons (Fsp3) is 0.400. The van der Waals surface area contributed by atoms with E-state index in [1.165, 1.54) is 0 Å². The molecule has 0 aliphatic rings. The van der Waals surface area contributed by atoms with Crippen LogP contribution in [0.15, 0.2) is 12.1 Å². The van der Waals surface area contributed by atoms with Crippen LogP contribution < -0.4 is 0 Å². The first-order chi connectivity index (χ1) is 6.15. The minimum atomic E-state index is 0.148. The molecular formula is C10H13ClO2. The molecule has 72 valence electrons. The topological polar surface area (TPSA) is 40.5 Å². The molecule has 13 heavy (non-hydrogen) atoms. The highest BCUT2D eigenvalue weighted by Crippen LogP contribution is 2.28. The Morgan fingerprint density at radius 1 is 1.38 bits per heavy atom. The molecule has 0 heterocycles. The van der Waals surface area contributed by atoms with E-state index in [1.807, 2.05) is 13.0 Å². The molecule has 0 saturated heterocycles. The van der Waals surface area contributed by atoms with E-state index in [0.29, 0.717) is 5.02 Å². The van der Waals surface area contributed by atoms with Crippen molar-refractivity contribution in [2.24, 2.45) is 0 Å². The molecule has 0 saturated carbocycles. The number of hydrogen-bond acceptors (Lipinski definition) is 2. The Morgan fingerprint density at radius 2 is 2.08 bits per heavy atom. The normalized spacial score (nSPS) is 10.4. The zero-order chi connectivity index (χ0) is 9.84. The van der Waals surface area contributed by atoms with Gasteiger partial charge in [-0.2, -0.15) is 0 Å². The first kappa shape index (κ1) is 10.4. The predicted octanol–water partition coefficient (Wildman–Crippen LogP) is 2.28. The lowest BCUT2D eigenvalue weighted by atomic mass is 10.1. The Kier molecular flexibility index (Phi) is 3.58. The lowest BCUT2D eigenvalue weighted by Gasteiger charge is -2.05. The molecule has 0 atom stereocenters. The number of aliphatic hydroxyl groups excluding tert-OH is 1. The van der Waals surface area contributed by atoms with Gasteiger partial charge in [-0.25, -0.2) is 0 Å². The average molecular weight is 201 g/mol. The van der Waals surface area contributed by atoms with Gasteiger partial charge < -0.3 is 10.2 Å². The minimum Gasteiger partial charge on any atom is -0.506 e. The Morgan fingerprint density at radius 3 is 2.62 bits per heavy atom. The highest BCUT2D eigenvalue weighted by atomic mass is 35.5. The molecule has 3 heteroatoms. The maximum atomic E-state index is 9.37. The van der Waals surface area contributed by atoms with E-state index < -0.39 is 0 Å². The number of phenolic OH excluding ortho intramolecular Hbond substituents is 1. The smallest absolute Gasteiger partial charge is 0.137 e. The fourth-order valence-electron chi connectivity index (χ4n) is 1.24. The van der Waals surface area contributed by atoms with E-state index in [4.69, 9.17) is 16.7 Å². The summed E-state index contributed by atoms with van der Waals surface area (Å²) in [6.45, 7) is 1.99. The molecule has 2 N–H and O–H groups in total. The molecule has 0 amide bonds. The van der Waals surface area contributed by atoms with Gasteiger partial charge in [0.1, 0.15) is 5.75 Å². The van der Waals surface area contributed by atoms with Crippen molar-refractivity contribution in [1.82, 2.24) is 0 Å². The molecule has 0 spiro atoms. The van der Waals surface area contributed by atoms with Crippen molar-refractivity contribution in [2.45, 2.75) is 19.8 Å². The number of hydrogen-bond donors (Lipinski definition) is 2. The van der Waals surface area contributed by atoms with Gasteiger partial charge in [0.15, 0.2) is 0 Å². The Labute approximate surface area is 82.8 Å². The maximum absolute atomic E-state index is 9.37. The highest BCUT2D eigenvalue weighted by molar-refractivity contribution is 6.32. The second kappa shape index (κ2) is 4.49. The summed E-state index contributed by atoms with van der Waals surface area (Å²) in [6, 6.07) is 3.62. The van der Waals surface area contributed by atoms with Crippen molar-refractivity contribution in [3.63, 3.8) is 0 Å². The summed E-state index contributed by atoms with van der Waals surface area (Å²) >= 11 is 5.79. The lowest BCUT2D eigenvalue weighted by molar-refractivity contribution is 0.288. The molecule has 0 aliphatic carbocycles. The largest absolute Gasteiger partial charge is 0.506 e. The fourth-order valence-corrected chi connectivity index (χ4v) is 1.52. The van der Waals surface area contributed by atoms with E-state index in [1.54, 1.807) is 6.07 Å². The molecule has 1 aromatic carbocycles. The monoisotopic (exact) mass is 200 g/mol. The van der Waals surface area contributed by atoms with Crippen LogP contribution in [0.4, 0.5) is 0 Å². The van der Waals surface area contributed by atoms with Crippen LogP contribution in [0.5, 0.6) is 5.75 Å².